The molecule has 2 N–H and O–H groups in total. The summed E-state index contributed by atoms with van der Waals surface area (Å²) in [6.45, 7) is 0. The van der Waals surface area contributed by atoms with E-state index in [1.165, 1.54) is 28.5 Å². The largest absolute Gasteiger partial charge is 0.433 e. The zero-order chi connectivity index (χ0) is 15.5. The van der Waals surface area contributed by atoms with E-state index in [0.29, 0.717) is 0 Å². The fourth-order valence-electron chi connectivity index (χ4n) is 2.13. The summed E-state index contributed by atoms with van der Waals surface area (Å²) < 4.78 is 4.83. The van der Waals surface area contributed by atoms with Crippen LogP contribution in [0.3, 0.4) is 0 Å². The second-order valence-electron chi connectivity index (χ2n) is 4.87. The van der Waals surface area contributed by atoms with E-state index in [4.69, 9.17) is 5.73 Å². The van der Waals surface area contributed by atoms with Crippen LogP contribution in [0.15, 0.2) is 68.5 Å². The molecule has 5 heteroatoms. The second-order valence-corrected chi connectivity index (χ2v) is 5.73. The number of benzene rings is 2. The van der Waals surface area contributed by atoms with E-state index in [1.54, 1.807) is 0 Å². The number of nitrogens with zero attached hydrogens (tertiary/aromatic N) is 1. The minimum absolute atomic E-state index is 0.122. The van der Waals surface area contributed by atoms with Crippen molar-refractivity contribution in [2.24, 2.45) is 0 Å². The molecule has 0 bridgehead atoms. The maximum absolute atomic E-state index is 10.5. The van der Waals surface area contributed by atoms with Crippen molar-refractivity contribution in [3.05, 3.63) is 80.7 Å². The van der Waals surface area contributed by atoms with Crippen molar-refractivity contribution in [2.75, 3.05) is 5.73 Å². The highest BCUT2D eigenvalue weighted by Gasteiger charge is 2.16. The van der Waals surface area contributed by atoms with E-state index in [0.717, 1.165) is 6.42 Å². The molecular formula is C17H13BrN2O2. The van der Waals surface area contributed by atoms with Gasteiger partial charge in [-0.1, -0.05) is 42.5 Å². The van der Waals surface area contributed by atoms with Crippen LogP contribution in [0, 0.1) is 0 Å². The molecule has 0 amide bonds. The van der Waals surface area contributed by atoms with Gasteiger partial charge in [-0.05, 0) is 50.7 Å². The third kappa shape index (κ3) is 3.43. The predicted molar refractivity (Wildman–Crippen MR) is 89.6 cm³/mol. The molecule has 4 rings (SSSR count). The summed E-state index contributed by atoms with van der Waals surface area (Å²) in [5.74, 6) is 0. The Balaban J connectivity index is 0.000000142. The van der Waals surface area contributed by atoms with E-state index < -0.39 is 5.56 Å². The monoisotopic (exact) mass is 356 g/mol. The SMILES string of the molecule is Nc1nc(=O)c(Br)co1.c1ccc(Cc2ccc3cc2-3)cc1. The lowest BCUT2D eigenvalue weighted by Crippen LogP contribution is -2.07. The number of nitrogens with two attached hydrogens (primary N) is 1. The quantitative estimate of drug-likeness (QED) is 0.595. The van der Waals surface area contributed by atoms with Gasteiger partial charge in [-0.25, -0.2) is 0 Å². The third-order valence-electron chi connectivity index (χ3n) is 3.27. The van der Waals surface area contributed by atoms with Gasteiger partial charge in [0.1, 0.15) is 10.7 Å². The van der Waals surface area contributed by atoms with Crippen LogP contribution in [0.1, 0.15) is 11.1 Å². The molecule has 1 heterocycles. The normalized spacial score (nSPS) is 10.6. The molecule has 2 aliphatic rings. The number of nitrogen functional groups attached to an aromatic ring is 1. The Morgan fingerprint density at radius 1 is 1.14 bits per heavy atom. The van der Waals surface area contributed by atoms with Crippen molar-refractivity contribution in [3.8, 4) is 11.1 Å². The summed E-state index contributed by atoms with van der Waals surface area (Å²) in [6, 6.07) is 17.2. The summed E-state index contributed by atoms with van der Waals surface area (Å²) in [7, 11) is 0. The Labute approximate surface area is 135 Å². The van der Waals surface area contributed by atoms with E-state index in [2.05, 4.69) is 73.9 Å². The first-order chi connectivity index (χ1) is 10.6. The van der Waals surface area contributed by atoms with Gasteiger partial charge in [0, 0.05) is 0 Å². The van der Waals surface area contributed by atoms with Crippen LogP contribution in [-0.4, -0.2) is 4.98 Å². The lowest BCUT2D eigenvalue weighted by molar-refractivity contribution is 0.544. The fraction of sp³-hybridized carbons (Fsp3) is 0.0588. The van der Waals surface area contributed by atoms with Crippen LogP contribution in [0.4, 0.5) is 6.01 Å². The summed E-state index contributed by atoms with van der Waals surface area (Å²) >= 11 is 2.91. The number of hydrogen-bond donors (Lipinski definition) is 1. The smallest absolute Gasteiger partial charge is 0.295 e. The van der Waals surface area contributed by atoms with E-state index in [1.807, 2.05) is 0 Å². The standard InChI is InChI=1S/C13H10.C4H3BrN2O2/c1-2-4-10(5-3-1)8-11-6-7-12-9-13(11)12;5-2-1-9-4(6)7-3(2)8/h1-7,9H,8H2;1H,(H2,6,7,8). The summed E-state index contributed by atoms with van der Waals surface area (Å²) in [6.07, 6.45) is 2.28. The fourth-order valence-corrected chi connectivity index (χ4v) is 2.31. The first-order valence-electron chi connectivity index (χ1n) is 6.71. The van der Waals surface area contributed by atoms with Crippen LogP contribution >= 0.6 is 15.9 Å². The van der Waals surface area contributed by atoms with Crippen molar-refractivity contribution in [1.82, 2.24) is 4.98 Å². The van der Waals surface area contributed by atoms with Crippen molar-refractivity contribution in [2.45, 2.75) is 6.42 Å². The highest BCUT2D eigenvalue weighted by molar-refractivity contribution is 9.10. The summed E-state index contributed by atoms with van der Waals surface area (Å²) in [5, 5.41) is 0. The molecule has 0 spiro atoms. The number of anilines is 1. The third-order valence-corrected chi connectivity index (χ3v) is 3.80. The zero-order valence-corrected chi connectivity index (χ0v) is 13.2. The highest BCUT2D eigenvalue weighted by Crippen LogP contribution is 2.39. The van der Waals surface area contributed by atoms with Crippen LogP contribution in [0.5, 0.6) is 0 Å². The average Bonchev–Trinajstić information content (AvgIpc) is 3.21. The average molecular weight is 357 g/mol. The van der Waals surface area contributed by atoms with Crippen LogP contribution in [0.2, 0.25) is 0 Å². The molecule has 22 heavy (non-hydrogen) atoms. The summed E-state index contributed by atoms with van der Waals surface area (Å²) in [4.78, 5) is 13.8. The van der Waals surface area contributed by atoms with Gasteiger partial charge >= 0.3 is 0 Å². The van der Waals surface area contributed by atoms with Gasteiger partial charge in [0.25, 0.3) is 11.6 Å². The lowest BCUT2D eigenvalue weighted by Gasteiger charge is -1.97. The molecule has 0 fully saturated rings. The molecule has 110 valence electrons. The Morgan fingerprint density at radius 3 is 2.45 bits per heavy atom. The minimum atomic E-state index is -0.418. The van der Waals surface area contributed by atoms with Crippen molar-refractivity contribution in [3.63, 3.8) is 0 Å². The number of hydrogen-bond acceptors (Lipinski definition) is 4. The van der Waals surface area contributed by atoms with Crippen molar-refractivity contribution < 1.29 is 4.42 Å². The van der Waals surface area contributed by atoms with Crippen LogP contribution in [0.25, 0.3) is 11.1 Å². The first-order valence-corrected chi connectivity index (χ1v) is 7.51. The molecule has 0 unspecified atom stereocenters. The predicted octanol–water partition coefficient (Wildman–Crippen LogP) is 3.64. The van der Waals surface area contributed by atoms with Gasteiger partial charge in [-0.2, -0.15) is 4.98 Å². The lowest BCUT2D eigenvalue weighted by atomic mass is 10.1. The van der Waals surface area contributed by atoms with Gasteiger partial charge in [-0.15, -0.1) is 0 Å². The van der Waals surface area contributed by atoms with E-state index in [-0.39, 0.29) is 10.5 Å². The van der Waals surface area contributed by atoms with Crippen LogP contribution in [-0.2, 0) is 6.42 Å². The van der Waals surface area contributed by atoms with Crippen LogP contribution < -0.4 is 11.3 Å². The Bertz CT molecular complexity index is 860. The second kappa shape index (κ2) is 6.15. The molecular weight excluding hydrogens is 344 g/mol. The molecule has 0 saturated heterocycles. The molecule has 2 aromatic rings. The molecule has 0 aliphatic heterocycles. The number of aromatic nitrogens is 1. The van der Waals surface area contributed by atoms with Crippen molar-refractivity contribution in [1.29, 1.82) is 0 Å². The van der Waals surface area contributed by atoms with Gasteiger partial charge in [0.15, 0.2) is 0 Å². The maximum Gasteiger partial charge on any atom is 0.295 e. The maximum atomic E-state index is 10.5. The zero-order valence-electron chi connectivity index (χ0n) is 11.6. The first kappa shape index (κ1) is 14.5. The van der Waals surface area contributed by atoms with Gasteiger partial charge in [0.2, 0.25) is 0 Å². The minimum Gasteiger partial charge on any atom is -0.433 e. The summed E-state index contributed by atoms with van der Waals surface area (Å²) in [5.41, 5.74) is 10.4. The Hall–Kier alpha value is -2.40. The topological polar surface area (TPSA) is 69.1 Å². The Kier molecular flexibility index (Phi) is 4.06. The number of halogens is 1. The van der Waals surface area contributed by atoms with Gasteiger partial charge < -0.3 is 10.2 Å². The molecule has 0 saturated carbocycles. The molecule has 4 nitrogen and oxygen atoms in total. The molecule has 0 radical (unpaired) electrons. The van der Waals surface area contributed by atoms with Crippen molar-refractivity contribution >= 4 is 21.9 Å². The molecule has 1 aromatic carbocycles. The van der Waals surface area contributed by atoms with E-state index >= 15 is 0 Å². The van der Waals surface area contributed by atoms with Gasteiger partial charge in [0.05, 0.1) is 0 Å². The number of rotatable bonds is 2. The number of fused-ring (bicyclic) bond motifs is 1. The van der Waals surface area contributed by atoms with Gasteiger partial charge in [-0.3, -0.25) is 4.79 Å². The highest BCUT2D eigenvalue weighted by atomic mass is 79.9. The Morgan fingerprint density at radius 2 is 1.91 bits per heavy atom. The van der Waals surface area contributed by atoms with E-state index in [9.17, 15) is 4.79 Å². The molecule has 2 aliphatic carbocycles. The molecule has 0 atom stereocenters. The molecule has 1 aromatic heterocycles.